The van der Waals surface area contributed by atoms with E-state index in [0.29, 0.717) is 6.04 Å². The van der Waals surface area contributed by atoms with Gasteiger partial charge in [-0.3, -0.25) is 4.68 Å². The number of fused-ring (bicyclic) bond motifs is 1. The van der Waals surface area contributed by atoms with Gasteiger partial charge < -0.3 is 4.74 Å². The van der Waals surface area contributed by atoms with Crippen LogP contribution >= 0.6 is 0 Å². The molecular weight excluding hydrogens is 176 g/mol. The molecule has 1 aromatic carbocycles. The highest BCUT2D eigenvalue weighted by atomic mass is 16.5. The second-order valence-electron chi connectivity index (χ2n) is 3.79. The molecule has 1 aromatic heterocycles. The second-order valence-corrected chi connectivity index (χ2v) is 3.79. The molecule has 3 heteroatoms. The van der Waals surface area contributed by atoms with Gasteiger partial charge in [0.2, 0.25) is 0 Å². The molecule has 3 rings (SSSR count). The normalized spacial score (nSPS) is 17.2. The number of hydrogen-bond donors (Lipinski definition) is 0. The molecule has 14 heavy (non-hydrogen) atoms. The van der Waals surface area contributed by atoms with E-state index in [4.69, 9.17) is 4.74 Å². The molecule has 2 heterocycles. The second kappa shape index (κ2) is 2.82. The third kappa shape index (κ3) is 0.990. The summed E-state index contributed by atoms with van der Waals surface area (Å²) in [6, 6.07) is 6.74. The number of aryl methyl sites for hydroxylation is 1. The topological polar surface area (TPSA) is 27.1 Å². The Morgan fingerprint density at radius 1 is 1.43 bits per heavy atom. The smallest absolute Gasteiger partial charge is 0.0992 e. The Bertz CT molecular complexity index is 471. The predicted octanol–water partition coefficient (Wildman–Crippen LogP) is 1.92. The van der Waals surface area contributed by atoms with E-state index in [9.17, 15) is 0 Å². The largest absolute Gasteiger partial charge is 0.377 e. The quantitative estimate of drug-likeness (QED) is 0.683. The van der Waals surface area contributed by atoms with Crippen LogP contribution < -0.4 is 0 Å². The Labute approximate surface area is 82.3 Å². The summed E-state index contributed by atoms with van der Waals surface area (Å²) in [6.07, 6.45) is 1.93. The summed E-state index contributed by atoms with van der Waals surface area (Å²) in [5.74, 6) is 0. The maximum Gasteiger partial charge on any atom is 0.0992 e. The molecule has 1 fully saturated rings. The summed E-state index contributed by atoms with van der Waals surface area (Å²) in [7, 11) is 0. The van der Waals surface area contributed by atoms with E-state index in [2.05, 4.69) is 34.9 Å². The molecule has 2 aromatic rings. The van der Waals surface area contributed by atoms with E-state index in [1.165, 1.54) is 16.5 Å². The average molecular weight is 188 g/mol. The van der Waals surface area contributed by atoms with Gasteiger partial charge in [0.15, 0.2) is 0 Å². The number of benzene rings is 1. The first-order valence-electron chi connectivity index (χ1n) is 4.87. The fourth-order valence-corrected chi connectivity index (χ4v) is 1.92. The van der Waals surface area contributed by atoms with Crippen LogP contribution in [0.1, 0.15) is 11.6 Å². The molecule has 0 atom stereocenters. The number of para-hydroxylation sites is 1. The third-order valence-corrected chi connectivity index (χ3v) is 2.79. The molecule has 3 nitrogen and oxygen atoms in total. The molecule has 0 radical (unpaired) electrons. The highest BCUT2D eigenvalue weighted by Crippen LogP contribution is 2.24. The van der Waals surface area contributed by atoms with E-state index in [1.54, 1.807) is 0 Å². The first-order chi connectivity index (χ1) is 6.86. The molecule has 0 N–H and O–H groups in total. The summed E-state index contributed by atoms with van der Waals surface area (Å²) in [5, 5.41) is 5.63. The van der Waals surface area contributed by atoms with Crippen molar-refractivity contribution in [2.45, 2.75) is 13.0 Å². The number of ether oxygens (including phenoxy) is 1. The van der Waals surface area contributed by atoms with Gasteiger partial charge in [0.1, 0.15) is 0 Å². The predicted molar refractivity (Wildman–Crippen MR) is 54.3 cm³/mol. The zero-order valence-corrected chi connectivity index (χ0v) is 8.10. The van der Waals surface area contributed by atoms with Gasteiger partial charge in [0, 0.05) is 5.39 Å². The van der Waals surface area contributed by atoms with E-state index < -0.39 is 0 Å². The summed E-state index contributed by atoms with van der Waals surface area (Å²) < 4.78 is 7.28. The maximum absolute atomic E-state index is 5.19. The molecule has 0 amide bonds. The summed E-state index contributed by atoms with van der Waals surface area (Å²) in [4.78, 5) is 0. The zero-order valence-electron chi connectivity index (χ0n) is 8.10. The average Bonchev–Trinajstić information content (AvgIpc) is 2.47. The van der Waals surface area contributed by atoms with Crippen LogP contribution in [0.4, 0.5) is 0 Å². The minimum Gasteiger partial charge on any atom is -0.377 e. The fourth-order valence-electron chi connectivity index (χ4n) is 1.92. The third-order valence-electron chi connectivity index (χ3n) is 2.79. The standard InChI is InChI=1S/C11H12N2O/c1-8-3-2-4-9-5-12-13(11(8)9)10-6-14-7-10/h2-5,10H,6-7H2,1H3. The Hall–Kier alpha value is -1.35. The van der Waals surface area contributed by atoms with Crippen LogP contribution in [0.15, 0.2) is 24.4 Å². The lowest BCUT2D eigenvalue weighted by Crippen LogP contribution is -2.31. The molecule has 0 bridgehead atoms. The summed E-state index contributed by atoms with van der Waals surface area (Å²) in [5.41, 5.74) is 2.53. The molecule has 0 aliphatic carbocycles. The highest BCUT2D eigenvalue weighted by molar-refractivity contribution is 5.81. The van der Waals surface area contributed by atoms with Crippen molar-refractivity contribution < 1.29 is 4.74 Å². The lowest BCUT2D eigenvalue weighted by atomic mass is 10.1. The van der Waals surface area contributed by atoms with Crippen molar-refractivity contribution in [3.63, 3.8) is 0 Å². The Morgan fingerprint density at radius 2 is 2.29 bits per heavy atom. The van der Waals surface area contributed by atoms with Gasteiger partial charge >= 0.3 is 0 Å². The Balaban J connectivity index is 2.23. The molecule has 0 spiro atoms. The number of hydrogen-bond acceptors (Lipinski definition) is 2. The van der Waals surface area contributed by atoms with Crippen molar-refractivity contribution >= 4 is 10.9 Å². The lowest BCUT2D eigenvalue weighted by Gasteiger charge is -2.27. The van der Waals surface area contributed by atoms with Gasteiger partial charge in [0.05, 0.1) is 31.0 Å². The van der Waals surface area contributed by atoms with Crippen LogP contribution in [0.3, 0.4) is 0 Å². The highest BCUT2D eigenvalue weighted by Gasteiger charge is 2.23. The number of nitrogens with zero attached hydrogens (tertiary/aromatic N) is 2. The first kappa shape index (κ1) is 8.00. The van der Waals surface area contributed by atoms with Gasteiger partial charge in [-0.25, -0.2) is 0 Å². The minimum absolute atomic E-state index is 0.439. The van der Waals surface area contributed by atoms with Gasteiger partial charge in [-0.1, -0.05) is 18.2 Å². The van der Waals surface area contributed by atoms with Crippen LogP contribution in [-0.4, -0.2) is 23.0 Å². The SMILES string of the molecule is Cc1cccc2cnn(C3COC3)c12. The molecule has 1 aliphatic rings. The minimum atomic E-state index is 0.439. The van der Waals surface area contributed by atoms with Crippen LogP contribution in [0, 0.1) is 6.92 Å². The van der Waals surface area contributed by atoms with Gasteiger partial charge in [-0.05, 0) is 12.5 Å². The van der Waals surface area contributed by atoms with E-state index in [1.807, 2.05) is 6.20 Å². The van der Waals surface area contributed by atoms with Crippen LogP contribution in [0.2, 0.25) is 0 Å². The fraction of sp³-hybridized carbons (Fsp3) is 0.364. The molecule has 0 saturated carbocycles. The monoisotopic (exact) mass is 188 g/mol. The van der Waals surface area contributed by atoms with E-state index in [0.717, 1.165) is 13.2 Å². The first-order valence-corrected chi connectivity index (χ1v) is 4.87. The molecule has 1 saturated heterocycles. The maximum atomic E-state index is 5.19. The van der Waals surface area contributed by atoms with Crippen LogP contribution in [0.5, 0.6) is 0 Å². The molecular formula is C11H12N2O. The van der Waals surface area contributed by atoms with Gasteiger partial charge in [-0.2, -0.15) is 5.10 Å². The van der Waals surface area contributed by atoms with Gasteiger partial charge in [0.25, 0.3) is 0 Å². The zero-order chi connectivity index (χ0) is 9.54. The van der Waals surface area contributed by atoms with Crippen molar-refractivity contribution in [3.05, 3.63) is 30.0 Å². The van der Waals surface area contributed by atoms with E-state index in [-0.39, 0.29) is 0 Å². The van der Waals surface area contributed by atoms with Crippen molar-refractivity contribution in [2.24, 2.45) is 0 Å². The van der Waals surface area contributed by atoms with Crippen molar-refractivity contribution in [3.8, 4) is 0 Å². The van der Waals surface area contributed by atoms with Crippen molar-refractivity contribution in [2.75, 3.05) is 13.2 Å². The van der Waals surface area contributed by atoms with Crippen molar-refractivity contribution in [1.82, 2.24) is 9.78 Å². The van der Waals surface area contributed by atoms with Crippen LogP contribution in [-0.2, 0) is 4.74 Å². The van der Waals surface area contributed by atoms with Crippen molar-refractivity contribution in [1.29, 1.82) is 0 Å². The number of rotatable bonds is 1. The molecule has 1 aliphatic heterocycles. The Kier molecular flexibility index (Phi) is 1.61. The summed E-state index contributed by atoms with van der Waals surface area (Å²) in [6.45, 7) is 3.72. The van der Waals surface area contributed by atoms with Crippen LogP contribution in [0.25, 0.3) is 10.9 Å². The molecule has 0 unspecified atom stereocenters. The number of aromatic nitrogens is 2. The lowest BCUT2D eigenvalue weighted by molar-refractivity contribution is -0.0266. The van der Waals surface area contributed by atoms with Gasteiger partial charge in [-0.15, -0.1) is 0 Å². The summed E-state index contributed by atoms with van der Waals surface area (Å²) >= 11 is 0. The Morgan fingerprint density at radius 3 is 3.00 bits per heavy atom. The molecule has 72 valence electrons. The van der Waals surface area contributed by atoms with E-state index >= 15 is 0 Å².